The molecule has 0 bridgehead atoms. The molecule has 0 aliphatic carbocycles. The van der Waals surface area contributed by atoms with Crippen LogP contribution in [-0.2, 0) is 9.53 Å². The zero-order valence-corrected chi connectivity index (χ0v) is 9.78. The van der Waals surface area contributed by atoms with Crippen LogP contribution in [0.2, 0.25) is 0 Å². The van der Waals surface area contributed by atoms with Crippen molar-refractivity contribution in [3.63, 3.8) is 0 Å². The summed E-state index contributed by atoms with van der Waals surface area (Å²) in [4.78, 5) is 24.4. The van der Waals surface area contributed by atoms with E-state index in [2.05, 4.69) is 11.8 Å². The summed E-state index contributed by atoms with van der Waals surface area (Å²) < 4.78 is 4.75. The highest BCUT2D eigenvalue weighted by Gasteiger charge is 2.32. The minimum absolute atomic E-state index is 0.146. The number of ether oxygens (including phenoxy) is 1. The summed E-state index contributed by atoms with van der Waals surface area (Å²) in [5, 5.41) is 0. The van der Waals surface area contributed by atoms with Gasteiger partial charge in [0.2, 0.25) is 5.91 Å². The molecule has 1 saturated heterocycles. The molecule has 0 spiro atoms. The third kappa shape index (κ3) is 2.99. The second-order valence-electron chi connectivity index (χ2n) is 3.72. The molecule has 0 N–H and O–H groups in total. The molecule has 1 heterocycles. The van der Waals surface area contributed by atoms with Crippen LogP contribution in [0.5, 0.6) is 0 Å². The Labute approximate surface area is 95.9 Å². The molecule has 16 heavy (non-hydrogen) atoms. The van der Waals surface area contributed by atoms with Crippen molar-refractivity contribution < 1.29 is 14.3 Å². The summed E-state index contributed by atoms with van der Waals surface area (Å²) in [6.45, 7) is 4.44. The molecule has 0 aromatic carbocycles. The number of nitrogens with zero attached hydrogens (tertiary/aromatic N) is 1. The van der Waals surface area contributed by atoms with Crippen LogP contribution in [0, 0.1) is 17.8 Å². The van der Waals surface area contributed by atoms with Gasteiger partial charge in [-0.1, -0.05) is 13.3 Å². The van der Waals surface area contributed by atoms with E-state index in [4.69, 9.17) is 4.74 Å². The zero-order chi connectivity index (χ0) is 12.0. The third-order valence-corrected chi connectivity index (χ3v) is 2.54. The fourth-order valence-electron chi connectivity index (χ4n) is 1.70. The average molecular weight is 223 g/mol. The normalized spacial score (nSPS) is 16.4. The van der Waals surface area contributed by atoms with Crippen molar-refractivity contribution in [3.05, 3.63) is 0 Å². The van der Waals surface area contributed by atoms with Crippen molar-refractivity contribution in [2.75, 3.05) is 13.2 Å². The SMILES string of the molecule is CC#CC[C@H](CCC)C(=O)N1CCOC1=O. The van der Waals surface area contributed by atoms with Crippen LogP contribution in [0.25, 0.3) is 0 Å². The quantitative estimate of drug-likeness (QED) is 0.683. The number of rotatable bonds is 4. The second-order valence-corrected chi connectivity index (χ2v) is 3.72. The van der Waals surface area contributed by atoms with Gasteiger partial charge in [0, 0.05) is 12.3 Å². The van der Waals surface area contributed by atoms with Gasteiger partial charge in [-0.15, -0.1) is 11.8 Å². The van der Waals surface area contributed by atoms with E-state index >= 15 is 0 Å². The maximum atomic E-state index is 12.0. The van der Waals surface area contributed by atoms with Gasteiger partial charge >= 0.3 is 6.09 Å². The number of carbonyl (C=O) groups excluding carboxylic acids is 2. The first kappa shape index (κ1) is 12.6. The minimum atomic E-state index is -0.518. The molecule has 1 fully saturated rings. The van der Waals surface area contributed by atoms with Gasteiger partial charge in [-0.2, -0.15) is 0 Å². The first-order valence-corrected chi connectivity index (χ1v) is 5.58. The Balaban J connectivity index is 2.64. The first-order valence-electron chi connectivity index (χ1n) is 5.58. The van der Waals surface area contributed by atoms with Gasteiger partial charge in [0.05, 0.1) is 6.54 Å². The molecule has 2 amide bonds. The molecule has 0 saturated carbocycles. The van der Waals surface area contributed by atoms with E-state index < -0.39 is 6.09 Å². The molecule has 0 radical (unpaired) electrons. The standard InChI is InChI=1S/C12H17NO3/c1-3-5-7-10(6-4-2)11(14)13-8-9-16-12(13)15/h10H,4,6-9H2,1-2H3/t10-/m0/s1. The fourth-order valence-corrected chi connectivity index (χ4v) is 1.70. The van der Waals surface area contributed by atoms with E-state index in [1.165, 1.54) is 4.90 Å². The zero-order valence-electron chi connectivity index (χ0n) is 9.78. The first-order chi connectivity index (χ1) is 7.70. The molecule has 4 nitrogen and oxygen atoms in total. The van der Waals surface area contributed by atoms with Crippen molar-refractivity contribution in [3.8, 4) is 11.8 Å². The predicted molar refractivity (Wildman–Crippen MR) is 59.5 cm³/mol. The summed E-state index contributed by atoms with van der Waals surface area (Å²) in [6.07, 6.45) is 1.67. The van der Waals surface area contributed by atoms with Crippen LogP contribution in [-0.4, -0.2) is 30.1 Å². The van der Waals surface area contributed by atoms with Gasteiger partial charge in [-0.3, -0.25) is 4.79 Å². The maximum Gasteiger partial charge on any atom is 0.416 e. The van der Waals surface area contributed by atoms with Crippen molar-refractivity contribution in [2.45, 2.75) is 33.1 Å². The fraction of sp³-hybridized carbons (Fsp3) is 0.667. The second kappa shape index (κ2) is 6.16. The minimum Gasteiger partial charge on any atom is -0.447 e. The number of hydrogen-bond acceptors (Lipinski definition) is 3. The smallest absolute Gasteiger partial charge is 0.416 e. The molecular weight excluding hydrogens is 206 g/mol. The number of cyclic esters (lactones) is 1. The van der Waals surface area contributed by atoms with Gasteiger partial charge in [0.15, 0.2) is 0 Å². The Bertz CT molecular complexity index is 327. The summed E-state index contributed by atoms with van der Waals surface area (Å²) in [5.41, 5.74) is 0. The van der Waals surface area contributed by atoms with Crippen LogP contribution in [0.15, 0.2) is 0 Å². The summed E-state index contributed by atoms with van der Waals surface area (Å²) in [5.74, 6) is 5.36. The molecular formula is C12H17NO3. The van der Waals surface area contributed by atoms with Crippen LogP contribution in [0.1, 0.15) is 33.1 Å². The van der Waals surface area contributed by atoms with E-state index in [0.717, 1.165) is 12.8 Å². The van der Waals surface area contributed by atoms with Crippen molar-refractivity contribution in [1.29, 1.82) is 0 Å². The molecule has 4 heteroatoms. The lowest BCUT2D eigenvalue weighted by atomic mass is 9.98. The van der Waals surface area contributed by atoms with Crippen molar-refractivity contribution >= 4 is 12.0 Å². The van der Waals surface area contributed by atoms with E-state index in [1.54, 1.807) is 6.92 Å². The molecule has 1 atom stereocenters. The molecule has 88 valence electrons. The van der Waals surface area contributed by atoms with E-state index in [9.17, 15) is 9.59 Å². The molecule has 1 aliphatic heterocycles. The lowest BCUT2D eigenvalue weighted by molar-refractivity contribution is -0.132. The van der Waals surface area contributed by atoms with Gasteiger partial charge in [0.1, 0.15) is 6.61 Å². The number of imide groups is 1. The maximum absolute atomic E-state index is 12.0. The Morgan fingerprint density at radius 1 is 1.62 bits per heavy atom. The molecule has 1 aliphatic rings. The van der Waals surface area contributed by atoms with Gasteiger partial charge in [-0.05, 0) is 13.3 Å². The highest BCUT2D eigenvalue weighted by molar-refractivity contribution is 5.94. The monoisotopic (exact) mass is 223 g/mol. The third-order valence-electron chi connectivity index (χ3n) is 2.54. The lowest BCUT2D eigenvalue weighted by Crippen LogP contribution is -2.36. The summed E-state index contributed by atoms with van der Waals surface area (Å²) >= 11 is 0. The van der Waals surface area contributed by atoms with Gasteiger partial charge in [0.25, 0.3) is 0 Å². The largest absolute Gasteiger partial charge is 0.447 e. The van der Waals surface area contributed by atoms with E-state index in [0.29, 0.717) is 19.6 Å². The van der Waals surface area contributed by atoms with Gasteiger partial charge < -0.3 is 4.74 Å². The molecule has 0 unspecified atom stereocenters. The Morgan fingerprint density at radius 3 is 2.88 bits per heavy atom. The van der Waals surface area contributed by atoms with Crippen LogP contribution in [0.3, 0.4) is 0 Å². The number of hydrogen-bond donors (Lipinski definition) is 0. The molecule has 0 aromatic rings. The molecule has 1 rings (SSSR count). The Kier molecular flexibility index (Phi) is 4.84. The van der Waals surface area contributed by atoms with E-state index in [1.807, 2.05) is 6.92 Å². The predicted octanol–water partition coefficient (Wildman–Crippen LogP) is 1.79. The van der Waals surface area contributed by atoms with Crippen LogP contribution < -0.4 is 0 Å². The topological polar surface area (TPSA) is 46.6 Å². The highest BCUT2D eigenvalue weighted by Crippen LogP contribution is 2.17. The molecule has 0 aromatic heterocycles. The van der Waals surface area contributed by atoms with E-state index in [-0.39, 0.29) is 11.8 Å². The number of carbonyl (C=O) groups is 2. The summed E-state index contributed by atoms with van der Waals surface area (Å²) in [6, 6.07) is 0. The average Bonchev–Trinajstić information content (AvgIpc) is 2.69. The summed E-state index contributed by atoms with van der Waals surface area (Å²) in [7, 11) is 0. The lowest BCUT2D eigenvalue weighted by Gasteiger charge is -2.17. The van der Waals surface area contributed by atoms with Crippen molar-refractivity contribution in [1.82, 2.24) is 4.90 Å². The van der Waals surface area contributed by atoms with Crippen molar-refractivity contribution in [2.24, 2.45) is 5.92 Å². The van der Waals surface area contributed by atoms with Gasteiger partial charge in [-0.25, -0.2) is 9.69 Å². The number of amides is 2. The highest BCUT2D eigenvalue weighted by atomic mass is 16.6. The van der Waals surface area contributed by atoms with Crippen LogP contribution in [0.4, 0.5) is 4.79 Å². The van der Waals surface area contributed by atoms with Crippen LogP contribution >= 0.6 is 0 Å². The Hall–Kier alpha value is -1.50. The Morgan fingerprint density at radius 2 is 2.38 bits per heavy atom.